The molecule has 0 unspecified atom stereocenters. The van der Waals surface area contributed by atoms with Crippen LogP contribution in [0, 0.1) is 0 Å². The lowest BCUT2D eigenvalue weighted by atomic mass is 10.3. The summed E-state index contributed by atoms with van der Waals surface area (Å²) in [6.07, 6.45) is 0.735. The van der Waals surface area contributed by atoms with E-state index < -0.39 is 28.7 Å². The second kappa shape index (κ2) is 8.92. The van der Waals surface area contributed by atoms with Crippen LogP contribution in [-0.4, -0.2) is 44.5 Å². The molecule has 11 heteroatoms. The van der Waals surface area contributed by atoms with Crippen LogP contribution in [0.3, 0.4) is 0 Å². The van der Waals surface area contributed by atoms with E-state index in [-0.39, 0.29) is 16.3 Å². The SMILES string of the molecule is O=C(/C=C/c1ccco1)Nc1cc(S(=O)(=O)N2CCCC2)ccc1OCC(F)(F)F. The molecule has 0 radical (unpaired) electrons. The van der Waals surface area contributed by atoms with E-state index in [1.807, 2.05) is 0 Å². The van der Waals surface area contributed by atoms with Gasteiger partial charge in [0, 0.05) is 19.2 Å². The Hall–Kier alpha value is -2.79. The number of carbonyl (C=O) groups excluding carboxylic acids is 1. The molecule has 162 valence electrons. The van der Waals surface area contributed by atoms with Crippen LogP contribution in [0.4, 0.5) is 18.9 Å². The molecule has 1 aliphatic rings. The Kier molecular flexibility index (Phi) is 6.52. The third kappa shape index (κ3) is 5.63. The molecule has 0 spiro atoms. The van der Waals surface area contributed by atoms with Gasteiger partial charge >= 0.3 is 6.18 Å². The van der Waals surface area contributed by atoms with Gasteiger partial charge in [-0.15, -0.1) is 0 Å². The predicted octanol–water partition coefficient (Wildman–Crippen LogP) is 3.66. The minimum atomic E-state index is -4.60. The number of carbonyl (C=O) groups is 1. The van der Waals surface area contributed by atoms with Gasteiger partial charge in [-0.1, -0.05) is 0 Å². The number of hydrogen-bond donors (Lipinski definition) is 1. The molecule has 0 aliphatic carbocycles. The molecular formula is C19H19F3N2O5S. The van der Waals surface area contributed by atoms with Gasteiger partial charge in [0.05, 0.1) is 16.8 Å². The monoisotopic (exact) mass is 444 g/mol. The quantitative estimate of drug-likeness (QED) is 0.659. The highest BCUT2D eigenvalue weighted by molar-refractivity contribution is 7.89. The molecular weight excluding hydrogens is 425 g/mol. The van der Waals surface area contributed by atoms with Gasteiger partial charge in [0.15, 0.2) is 6.61 Å². The zero-order valence-electron chi connectivity index (χ0n) is 15.7. The van der Waals surface area contributed by atoms with E-state index in [4.69, 9.17) is 9.15 Å². The topological polar surface area (TPSA) is 88.8 Å². The zero-order chi connectivity index (χ0) is 21.8. The number of nitrogens with zero attached hydrogens (tertiary/aromatic N) is 1. The van der Waals surface area contributed by atoms with Gasteiger partial charge in [0.1, 0.15) is 11.5 Å². The number of ether oxygens (including phenoxy) is 1. The normalized spacial score (nSPS) is 15.6. The van der Waals surface area contributed by atoms with Crippen molar-refractivity contribution in [2.45, 2.75) is 23.9 Å². The van der Waals surface area contributed by atoms with Crippen molar-refractivity contribution >= 4 is 27.7 Å². The molecule has 30 heavy (non-hydrogen) atoms. The zero-order valence-corrected chi connectivity index (χ0v) is 16.5. The first kappa shape index (κ1) is 21.9. The molecule has 2 aromatic rings. The van der Waals surface area contributed by atoms with Crippen molar-refractivity contribution in [1.82, 2.24) is 4.31 Å². The van der Waals surface area contributed by atoms with E-state index in [1.165, 1.54) is 16.6 Å². The highest BCUT2D eigenvalue weighted by Gasteiger charge is 2.30. The van der Waals surface area contributed by atoms with Gasteiger partial charge in [0.2, 0.25) is 15.9 Å². The summed E-state index contributed by atoms with van der Waals surface area (Å²) in [7, 11) is -3.83. The molecule has 2 heterocycles. The van der Waals surface area contributed by atoms with Gasteiger partial charge in [-0.05, 0) is 49.2 Å². The van der Waals surface area contributed by atoms with Crippen molar-refractivity contribution in [3.8, 4) is 5.75 Å². The van der Waals surface area contributed by atoms with E-state index in [2.05, 4.69) is 5.32 Å². The molecule has 1 aromatic carbocycles. The summed E-state index contributed by atoms with van der Waals surface area (Å²) < 4.78 is 74.2. The van der Waals surface area contributed by atoms with Gasteiger partial charge < -0.3 is 14.5 Å². The number of amides is 1. The maximum atomic E-state index is 12.7. The van der Waals surface area contributed by atoms with Crippen molar-refractivity contribution in [3.05, 3.63) is 48.4 Å². The lowest BCUT2D eigenvalue weighted by Crippen LogP contribution is -2.28. The van der Waals surface area contributed by atoms with Crippen LogP contribution in [0.2, 0.25) is 0 Å². The fraction of sp³-hybridized carbons (Fsp3) is 0.316. The molecule has 1 fully saturated rings. The lowest BCUT2D eigenvalue weighted by Gasteiger charge is -2.18. The summed E-state index contributed by atoms with van der Waals surface area (Å²) >= 11 is 0. The fourth-order valence-electron chi connectivity index (χ4n) is 2.85. The molecule has 3 rings (SSSR count). The second-order valence-corrected chi connectivity index (χ2v) is 8.45. The van der Waals surface area contributed by atoms with Crippen LogP contribution in [0.25, 0.3) is 6.08 Å². The summed E-state index contributed by atoms with van der Waals surface area (Å²) in [6.45, 7) is -0.860. The van der Waals surface area contributed by atoms with Crippen LogP contribution in [0.5, 0.6) is 5.75 Å². The summed E-state index contributed by atoms with van der Waals surface area (Å²) in [4.78, 5) is 12.1. The smallest absolute Gasteiger partial charge is 0.422 e. The molecule has 7 nitrogen and oxygen atoms in total. The number of rotatable bonds is 7. The summed E-state index contributed by atoms with van der Waals surface area (Å²) in [5.74, 6) is -0.601. The van der Waals surface area contributed by atoms with Crippen LogP contribution < -0.4 is 10.1 Å². The maximum absolute atomic E-state index is 12.7. The van der Waals surface area contributed by atoms with Crippen LogP contribution in [0.15, 0.2) is 52.0 Å². The van der Waals surface area contributed by atoms with Crippen molar-refractivity contribution in [3.63, 3.8) is 0 Å². The Bertz CT molecular complexity index is 1010. The molecule has 1 N–H and O–H groups in total. The number of halogens is 3. The Morgan fingerprint density at radius 1 is 1.23 bits per heavy atom. The van der Waals surface area contributed by atoms with Crippen molar-refractivity contribution in [1.29, 1.82) is 0 Å². The summed E-state index contributed by atoms with van der Waals surface area (Å²) in [5, 5.41) is 2.37. The Morgan fingerprint density at radius 2 is 1.97 bits per heavy atom. The van der Waals surface area contributed by atoms with Gasteiger partial charge in [0.25, 0.3) is 0 Å². The van der Waals surface area contributed by atoms with E-state index in [0.29, 0.717) is 18.8 Å². The van der Waals surface area contributed by atoms with Gasteiger partial charge in [-0.25, -0.2) is 8.42 Å². The highest BCUT2D eigenvalue weighted by Crippen LogP contribution is 2.31. The number of nitrogens with one attached hydrogen (secondary N) is 1. The number of hydrogen-bond acceptors (Lipinski definition) is 5. The van der Waals surface area contributed by atoms with E-state index in [9.17, 15) is 26.4 Å². The minimum Gasteiger partial charge on any atom is -0.482 e. The van der Waals surface area contributed by atoms with E-state index in [0.717, 1.165) is 37.1 Å². The molecule has 1 saturated heterocycles. The van der Waals surface area contributed by atoms with Gasteiger partial charge in [-0.2, -0.15) is 17.5 Å². The predicted molar refractivity (Wildman–Crippen MR) is 102 cm³/mol. The Balaban J connectivity index is 1.86. The minimum absolute atomic E-state index is 0.144. The number of furan rings is 1. The lowest BCUT2D eigenvalue weighted by molar-refractivity contribution is -0.153. The molecule has 0 saturated carbocycles. The first-order valence-corrected chi connectivity index (χ1v) is 10.5. The first-order chi connectivity index (χ1) is 14.1. The van der Waals surface area contributed by atoms with E-state index >= 15 is 0 Å². The molecule has 0 atom stereocenters. The Morgan fingerprint density at radius 3 is 2.60 bits per heavy atom. The third-order valence-corrected chi connectivity index (χ3v) is 6.14. The largest absolute Gasteiger partial charge is 0.482 e. The van der Waals surface area contributed by atoms with Crippen LogP contribution in [-0.2, 0) is 14.8 Å². The average Bonchev–Trinajstić information content (AvgIpc) is 3.38. The van der Waals surface area contributed by atoms with Crippen molar-refractivity contribution < 1.29 is 35.5 Å². The van der Waals surface area contributed by atoms with Crippen LogP contribution >= 0.6 is 0 Å². The first-order valence-electron chi connectivity index (χ1n) is 9.01. The molecule has 1 amide bonds. The third-order valence-electron chi connectivity index (χ3n) is 4.25. The molecule has 0 bridgehead atoms. The average molecular weight is 444 g/mol. The molecule has 1 aliphatic heterocycles. The second-order valence-electron chi connectivity index (χ2n) is 6.51. The summed E-state index contributed by atoms with van der Waals surface area (Å²) in [6, 6.07) is 6.57. The standard InChI is InChI=1S/C19H19F3N2O5S/c20-19(21,22)13-29-17-7-6-15(30(26,27)24-9-1-2-10-24)12-16(17)23-18(25)8-5-14-4-3-11-28-14/h3-8,11-12H,1-2,9-10,13H2,(H,23,25)/b8-5+. The summed E-state index contributed by atoms with van der Waals surface area (Å²) in [5.41, 5.74) is -0.186. The Labute approximate surface area is 171 Å². The number of anilines is 1. The van der Waals surface area contributed by atoms with Crippen molar-refractivity contribution in [2.75, 3.05) is 25.0 Å². The number of benzene rings is 1. The van der Waals surface area contributed by atoms with Gasteiger partial charge in [-0.3, -0.25) is 4.79 Å². The van der Waals surface area contributed by atoms with Crippen LogP contribution in [0.1, 0.15) is 18.6 Å². The fourth-order valence-corrected chi connectivity index (χ4v) is 4.39. The highest BCUT2D eigenvalue weighted by atomic mass is 32.2. The van der Waals surface area contributed by atoms with E-state index in [1.54, 1.807) is 12.1 Å². The maximum Gasteiger partial charge on any atom is 0.422 e. The number of alkyl halides is 3. The van der Waals surface area contributed by atoms with Crippen molar-refractivity contribution in [2.24, 2.45) is 0 Å². The number of sulfonamides is 1. The molecule has 1 aromatic heterocycles.